The van der Waals surface area contributed by atoms with Crippen LogP contribution in [0.5, 0.6) is 0 Å². The molecule has 0 saturated carbocycles. The summed E-state index contributed by atoms with van der Waals surface area (Å²) in [4.78, 5) is 0. The van der Waals surface area contributed by atoms with Crippen LogP contribution in [0.2, 0.25) is 0 Å². The molecule has 1 aromatic carbocycles. The normalized spacial score (nSPS) is 7.50. The number of terminal acetylenes is 1. The molecular formula is C8H8ClN. The predicted octanol–water partition coefficient (Wildman–Crippen LogP) is 1.67. The van der Waals surface area contributed by atoms with Crippen molar-refractivity contribution >= 4 is 18.1 Å². The van der Waals surface area contributed by atoms with E-state index in [1.807, 2.05) is 12.1 Å². The molecule has 0 heterocycles. The molecule has 0 bridgehead atoms. The highest BCUT2D eigenvalue weighted by molar-refractivity contribution is 5.85. The second-order valence-electron chi connectivity index (χ2n) is 1.77. The summed E-state index contributed by atoms with van der Waals surface area (Å²) in [5.74, 6) is 2.50. The maximum absolute atomic E-state index is 5.41. The number of nitrogens with two attached hydrogens (primary N) is 1. The Bertz CT molecular complexity index is 232. The molecule has 0 aliphatic heterocycles. The largest absolute Gasteiger partial charge is 0.399 e. The van der Waals surface area contributed by atoms with Gasteiger partial charge in [0, 0.05) is 11.3 Å². The van der Waals surface area contributed by atoms with Gasteiger partial charge in [0.25, 0.3) is 0 Å². The van der Waals surface area contributed by atoms with Gasteiger partial charge < -0.3 is 5.73 Å². The maximum atomic E-state index is 5.41. The SMILES string of the molecule is C#Cc1ccc(N)cc1.Cl. The van der Waals surface area contributed by atoms with E-state index in [2.05, 4.69) is 5.92 Å². The Hall–Kier alpha value is -1.13. The second kappa shape index (κ2) is 3.81. The number of halogens is 1. The van der Waals surface area contributed by atoms with Gasteiger partial charge in [-0.1, -0.05) is 5.92 Å². The minimum absolute atomic E-state index is 0. The number of rotatable bonds is 0. The van der Waals surface area contributed by atoms with E-state index in [9.17, 15) is 0 Å². The van der Waals surface area contributed by atoms with Crippen LogP contribution in [0.3, 0.4) is 0 Å². The van der Waals surface area contributed by atoms with Crippen molar-refractivity contribution in [3.63, 3.8) is 0 Å². The van der Waals surface area contributed by atoms with Crippen LogP contribution in [0.15, 0.2) is 24.3 Å². The van der Waals surface area contributed by atoms with Crippen LogP contribution in [0.25, 0.3) is 0 Å². The summed E-state index contributed by atoms with van der Waals surface area (Å²) in [5.41, 5.74) is 7.02. The van der Waals surface area contributed by atoms with Gasteiger partial charge in [0.15, 0.2) is 0 Å². The minimum Gasteiger partial charge on any atom is -0.399 e. The molecule has 2 N–H and O–H groups in total. The van der Waals surface area contributed by atoms with E-state index >= 15 is 0 Å². The molecule has 0 saturated heterocycles. The van der Waals surface area contributed by atoms with Gasteiger partial charge in [-0.05, 0) is 24.3 Å². The van der Waals surface area contributed by atoms with E-state index in [-0.39, 0.29) is 12.4 Å². The standard InChI is InChI=1S/C8H7N.ClH/c1-2-7-3-5-8(9)6-4-7;/h1,3-6H,9H2;1H. The summed E-state index contributed by atoms with van der Waals surface area (Å²) >= 11 is 0. The summed E-state index contributed by atoms with van der Waals surface area (Å²) in [6, 6.07) is 7.20. The molecule has 0 unspecified atom stereocenters. The van der Waals surface area contributed by atoms with Crippen LogP contribution >= 0.6 is 12.4 Å². The van der Waals surface area contributed by atoms with Crippen LogP contribution in [0.1, 0.15) is 5.56 Å². The van der Waals surface area contributed by atoms with Gasteiger partial charge in [-0.3, -0.25) is 0 Å². The third kappa shape index (κ3) is 2.00. The van der Waals surface area contributed by atoms with Crippen LogP contribution in [0, 0.1) is 12.3 Å². The molecule has 0 spiro atoms. The lowest BCUT2D eigenvalue weighted by Crippen LogP contribution is -1.82. The first-order valence-electron chi connectivity index (χ1n) is 2.65. The first-order valence-corrected chi connectivity index (χ1v) is 2.65. The molecule has 0 fully saturated rings. The lowest BCUT2D eigenvalue weighted by Gasteiger charge is -1.89. The number of benzene rings is 1. The lowest BCUT2D eigenvalue weighted by atomic mass is 10.2. The molecule has 1 aromatic rings. The third-order valence-corrected chi connectivity index (χ3v) is 1.08. The third-order valence-electron chi connectivity index (χ3n) is 1.08. The molecule has 0 radical (unpaired) electrons. The number of hydrogen-bond donors (Lipinski definition) is 1. The summed E-state index contributed by atoms with van der Waals surface area (Å²) in [5, 5.41) is 0. The summed E-state index contributed by atoms with van der Waals surface area (Å²) in [7, 11) is 0. The Balaban J connectivity index is 0.000000810. The summed E-state index contributed by atoms with van der Waals surface area (Å²) < 4.78 is 0. The van der Waals surface area contributed by atoms with Gasteiger partial charge in [0.1, 0.15) is 0 Å². The minimum atomic E-state index is 0. The van der Waals surface area contributed by atoms with Crippen molar-refractivity contribution in [1.82, 2.24) is 0 Å². The fourth-order valence-electron chi connectivity index (χ4n) is 0.579. The monoisotopic (exact) mass is 153 g/mol. The molecule has 52 valence electrons. The summed E-state index contributed by atoms with van der Waals surface area (Å²) in [6.45, 7) is 0. The molecule has 0 aliphatic carbocycles. The molecule has 0 atom stereocenters. The van der Waals surface area contributed by atoms with Crippen LogP contribution in [-0.4, -0.2) is 0 Å². The van der Waals surface area contributed by atoms with E-state index in [0.717, 1.165) is 11.3 Å². The molecule has 2 heteroatoms. The molecule has 1 rings (SSSR count). The molecule has 0 aromatic heterocycles. The predicted molar refractivity (Wildman–Crippen MR) is 46.0 cm³/mol. The van der Waals surface area contributed by atoms with Crippen molar-refractivity contribution in [2.75, 3.05) is 5.73 Å². The average Bonchev–Trinajstić information content (AvgIpc) is 1.90. The van der Waals surface area contributed by atoms with Crippen molar-refractivity contribution in [3.05, 3.63) is 29.8 Å². The van der Waals surface area contributed by atoms with Crippen LogP contribution in [-0.2, 0) is 0 Å². The van der Waals surface area contributed by atoms with Gasteiger partial charge >= 0.3 is 0 Å². The molecule has 10 heavy (non-hydrogen) atoms. The van der Waals surface area contributed by atoms with E-state index in [0.29, 0.717) is 0 Å². The Morgan fingerprint density at radius 3 is 2.10 bits per heavy atom. The topological polar surface area (TPSA) is 26.0 Å². The van der Waals surface area contributed by atoms with Gasteiger partial charge in [-0.15, -0.1) is 18.8 Å². The molecule has 0 amide bonds. The Labute approximate surface area is 66.7 Å². The fourth-order valence-corrected chi connectivity index (χ4v) is 0.579. The number of anilines is 1. The van der Waals surface area contributed by atoms with Crippen molar-refractivity contribution in [2.24, 2.45) is 0 Å². The second-order valence-corrected chi connectivity index (χ2v) is 1.77. The van der Waals surface area contributed by atoms with Crippen molar-refractivity contribution in [3.8, 4) is 12.3 Å². The lowest BCUT2D eigenvalue weighted by molar-refractivity contribution is 1.64. The van der Waals surface area contributed by atoms with Gasteiger partial charge in [0.2, 0.25) is 0 Å². The Morgan fingerprint density at radius 2 is 1.70 bits per heavy atom. The molecule has 0 aliphatic rings. The van der Waals surface area contributed by atoms with Crippen molar-refractivity contribution < 1.29 is 0 Å². The van der Waals surface area contributed by atoms with E-state index in [4.69, 9.17) is 12.2 Å². The fraction of sp³-hybridized carbons (Fsp3) is 0. The zero-order valence-corrected chi connectivity index (χ0v) is 6.19. The van der Waals surface area contributed by atoms with E-state index in [1.165, 1.54) is 0 Å². The van der Waals surface area contributed by atoms with Gasteiger partial charge in [-0.2, -0.15) is 0 Å². The van der Waals surface area contributed by atoms with Gasteiger partial charge in [0.05, 0.1) is 0 Å². The van der Waals surface area contributed by atoms with E-state index < -0.39 is 0 Å². The highest BCUT2D eigenvalue weighted by Crippen LogP contribution is 2.02. The Kier molecular flexibility index (Phi) is 3.38. The first-order chi connectivity index (χ1) is 4.33. The average molecular weight is 154 g/mol. The van der Waals surface area contributed by atoms with Crippen LogP contribution in [0.4, 0.5) is 5.69 Å². The number of nitrogen functional groups attached to an aromatic ring is 1. The smallest absolute Gasteiger partial charge is 0.0314 e. The van der Waals surface area contributed by atoms with Crippen LogP contribution < -0.4 is 5.73 Å². The quantitative estimate of drug-likeness (QED) is 0.446. The van der Waals surface area contributed by atoms with E-state index in [1.54, 1.807) is 12.1 Å². The maximum Gasteiger partial charge on any atom is 0.0314 e. The zero-order chi connectivity index (χ0) is 6.69. The molecular weight excluding hydrogens is 146 g/mol. The number of hydrogen-bond acceptors (Lipinski definition) is 1. The highest BCUT2D eigenvalue weighted by atomic mass is 35.5. The van der Waals surface area contributed by atoms with Crippen molar-refractivity contribution in [2.45, 2.75) is 0 Å². The first kappa shape index (κ1) is 8.87. The van der Waals surface area contributed by atoms with Gasteiger partial charge in [-0.25, -0.2) is 0 Å². The Morgan fingerprint density at radius 1 is 1.20 bits per heavy atom. The highest BCUT2D eigenvalue weighted by Gasteiger charge is 1.83. The molecule has 1 nitrogen and oxygen atoms in total. The zero-order valence-electron chi connectivity index (χ0n) is 5.37. The van der Waals surface area contributed by atoms with Crippen molar-refractivity contribution in [1.29, 1.82) is 0 Å². The summed E-state index contributed by atoms with van der Waals surface area (Å²) in [6.07, 6.45) is 5.11.